The number of rotatable bonds is 7. The Kier molecular flexibility index (Phi) is 8.33. The molecule has 0 aromatic rings. The average Bonchev–Trinajstić information content (AvgIpc) is 2.62. The van der Waals surface area contributed by atoms with Crippen LogP contribution < -0.4 is 10.6 Å². The Morgan fingerprint density at radius 1 is 1.12 bits per heavy atom. The molecule has 0 bridgehead atoms. The van der Waals surface area contributed by atoms with E-state index in [0.717, 1.165) is 51.0 Å². The van der Waals surface area contributed by atoms with Crippen LogP contribution in [0.2, 0.25) is 0 Å². The zero-order chi connectivity index (χ0) is 17.3. The molecule has 1 aliphatic carbocycles. The summed E-state index contributed by atoms with van der Waals surface area (Å²) in [5.74, 6) is 1.90. The second kappa shape index (κ2) is 10.2. The van der Waals surface area contributed by atoms with Gasteiger partial charge in [0.25, 0.3) is 0 Å². The maximum absolute atomic E-state index is 5.54. The fourth-order valence-electron chi connectivity index (χ4n) is 4.08. The minimum Gasteiger partial charge on any atom is -0.381 e. The Balaban J connectivity index is 1.67. The summed E-state index contributed by atoms with van der Waals surface area (Å²) in [6.07, 6.45) is 12.0. The van der Waals surface area contributed by atoms with Crippen molar-refractivity contribution >= 4 is 5.96 Å². The number of aliphatic imine (C=N–C) groups is 1. The lowest BCUT2D eigenvalue weighted by Gasteiger charge is -2.43. The number of hydrogen-bond acceptors (Lipinski definition) is 3. The molecule has 1 heterocycles. The molecule has 5 nitrogen and oxygen atoms in total. The molecule has 0 unspecified atom stereocenters. The Morgan fingerprint density at radius 3 is 2.46 bits per heavy atom. The lowest BCUT2D eigenvalue weighted by molar-refractivity contribution is -0.00501. The van der Waals surface area contributed by atoms with Crippen molar-refractivity contribution in [3.8, 4) is 0 Å². The third-order valence-corrected chi connectivity index (χ3v) is 5.99. The van der Waals surface area contributed by atoms with E-state index in [-0.39, 0.29) is 5.54 Å². The average molecular weight is 339 g/mol. The molecule has 0 radical (unpaired) electrons. The van der Waals surface area contributed by atoms with E-state index in [0.29, 0.717) is 0 Å². The second-order valence-electron chi connectivity index (χ2n) is 7.73. The van der Waals surface area contributed by atoms with Crippen LogP contribution in [-0.2, 0) is 4.74 Å². The van der Waals surface area contributed by atoms with Crippen molar-refractivity contribution in [3.05, 3.63) is 0 Å². The zero-order valence-corrected chi connectivity index (χ0v) is 16.1. The van der Waals surface area contributed by atoms with E-state index in [1.807, 2.05) is 7.05 Å². The highest BCUT2D eigenvalue weighted by atomic mass is 16.5. The van der Waals surface area contributed by atoms with E-state index >= 15 is 0 Å². The molecule has 1 saturated carbocycles. The summed E-state index contributed by atoms with van der Waals surface area (Å²) in [6.45, 7) is 3.65. The van der Waals surface area contributed by atoms with Gasteiger partial charge in [0, 0.05) is 38.9 Å². The first-order valence-corrected chi connectivity index (χ1v) is 9.86. The van der Waals surface area contributed by atoms with E-state index < -0.39 is 0 Å². The molecule has 140 valence electrons. The van der Waals surface area contributed by atoms with Crippen LogP contribution in [0.15, 0.2) is 4.99 Å². The topological polar surface area (TPSA) is 48.9 Å². The number of ether oxygens (including phenoxy) is 1. The van der Waals surface area contributed by atoms with Crippen LogP contribution in [0.3, 0.4) is 0 Å². The Bertz CT molecular complexity index is 372. The van der Waals surface area contributed by atoms with Gasteiger partial charge in [-0.3, -0.25) is 4.99 Å². The Labute approximate surface area is 148 Å². The minimum atomic E-state index is 0.179. The van der Waals surface area contributed by atoms with Crippen LogP contribution in [-0.4, -0.2) is 63.8 Å². The molecule has 24 heavy (non-hydrogen) atoms. The first-order valence-electron chi connectivity index (χ1n) is 9.86. The monoisotopic (exact) mass is 338 g/mol. The van der Waals surface area contributed by atoms with Gasteiger partial charge in [-0.05, 0) is 45.7 Å². The number of likely N-dealkylation sites (N-methyl/N-ethyl adjacent to an activating group) is 1. The number of guanidine groups is 1. The molecule has 0 spiro atoms. The van der Waals surface area contributed by atoms with Gasteiger partial charge in [-0.2, -0.15) is 0 Å². The second-order valence-corrected chi connectivity index (χ2v) is 7.73. The van der Waals surface area contributed by atoms with Gasteiger partial charge in [-0.1, -0.05) is 32.1 Å². The molecule has 0 aromatic carbocycles. The van der Waals surface area contributed by atoms with Crippen LogP contribution in [0.5, 0.6) is 0 Å². The molecule has 0 atom stereocenters. The minimum absolute atomic E-state index is 0.179. The highest BCUT2D eigenvalue weighted by molar-refractivity contribution is 5.79. The van der Waals surface area contributed by atoms with E-state index in [1.165, 1.54) is 44.9 Å². The normalized spacial score (nSPS) is 22.6. The number of nitrogens with zero attached hydrogens (tertiary/aromatic N) is 2. The van der Waals surface area contributed by atoms with Gasteiger partial charge in [-0.15, -0.1) is 0 Å². The number of nitrogens with one attached hydrogen (secondary N) is 2. The van der Waals surface area contributed by atoms with Crippen LogP contribution in [0.25, 0.3) is 0 Å². The third kappa shape index (κ3) is 5.92. The highest BCUT2D eigenvalue weighted by Gasteiger charge is 2.34. The molecule has 2 N–H and O–H groups in total. The molecule has 2 fully saturated rings. The maximum atomic E-state index is 5.54. The van der Waals surface area contributed by atoms with Crippen molar-refractivity contribution in [3.63, 3.8) is 0 Å². The summed E-state index contributed by atoms with van der Waals surface area (Å²) in [5.41, 5.74) is 0.179. The van der Waals surface area contributed by atoms with Crippen molar-refractivity contribution < 1.29 is 4.74 Å². The molecule has 5 heteroatoms. The highest BCUT2D eigenvalue weighted by Crippen LogP contribution is 2.27. The zero-order valence-electron chi connectivity index (χ0n) is 16.1. The van der Waals surface area contributed by atoms with Gasteiger partial charge in [0.05, 0.1) is 0 Å². The molecule has 1 saturated heterocycles. The van der Waals surface area contributed by atoms with E-state index in [4.69, 9.17) is 4.74 Å². The van der Waals surface area contributed by atoms with Gasteiger partial charge in [0.2, 0.25) is 0 Å². The van der Waals surface area contributed by atoms with Crippen LogP contribution in [0, 0.1) is 5.92 Å². The maximum Gasteiger partial charge on any atom is 0.191 e. The van der Waals surface area contributed by atoms with Crippen molar-refractivity contribution in [2.75, 3.05) is 47.4 Å². The Hall–Kier alpha value is -0.810. The molecule has 2 rings (SSSR count). The molecule has 1 aliphatic heterocycles. The van der Waals surface area contributed by atoms with E-state index in [1.54, 1.807) is 0 Å². The van der Waals surface area contributed by atoms with Crippen molar-refractivity contribution in [1.82, 2.24) is 15.5 Å². The SMILES string of the molecule is CN=C(NCCCC1CCCCC1)NCC1(N(C)C)CCOCC1. The summed E-state index contributed by atoms with van der Waals surface area (Å²) >= 11 is 0. The van der Waals surface area contributed by atoms with Crippen LogP contribution in [0.1, 0.15) is 57.8 Å². The first kappa shape index (κ1) is 19.5. The van der Waals surface area contributed by atoms with Gasteiger partial charge >= 0.3 is 0 Å². The summed E-state index contributed by atoms with van der Waals surface area (Å²) < 4.78 is 5.54. The smallest absolute Gasteiger partial charge is 0.191 e. The van der Waals surface area contributed by atoms with Crippen LogP contribution >= 0.6 is 0 Å². The Morgan fingerprint density at radius 2 is 1.83 bits per heavy atom. The van der Waals surface area contributed by atoms with Gasteiger partial charge < -0.3 is 20.3 Å². The summed E-state index contributed by atoms with van der Waals surface area (Å²) in [7, 11) is 6.21. The first-order chi connectivity index (χ1) is 11.7. The van der Waals surface area contributed by atoms with E-state index in [9.17, 15) is 0 Å². The molecule has 0 amide bonds. The van der Waals surface area contributed by atoms with Crippen molar-refractivity contribution in [1.29, 1.82) is 0 Å². The predicted molar refractivity (Wildman–Crippen MR) is 102 cm³/mol. The van der Waals surface area contributed by atoms with Crippen molar-refractivity contribution in [2.24, 2.45) is 10.9 Å². The third-order valence-electron chi connectivity index (χ3n) is 5.99. The molecule has 0 aromatic heterocycles. The fraction of sp³-hybridized carbons (Fsp3) is 0.947. The van der Waals surface area contributed by atoms with Crippen molar-refractivity contribution in [2.45, 2.75) is 63.3 Å². The van der Waals surface area contributed by atoms with Crippen LogP contribution in [0.4, 0.5) is 0 Å². The summed E-state index contributed by atoms with van der Waals surface area (Å²) in [5, 5.41) is 7.04. The standard InChI is InChI=1S/C19H38N4O/c1-20-18(21-13-7-10-17-8-5-4-6-9-17)22-16-19(23(2)3)11-14-24-15-12-19/h17H,4-16H2,1-3H3,(H2,20,21,22). The quantitative estimate of drug-likeness (QED) is 0.426. The summed E-state index contributed by atoms with van der Waals surface area (Å²) in [6, 6.07) is 0. The largest absolute Gasteiger partial charge is 0.381 e. The fourth-order valence-corrected chi connectivity index (χ4v) is 4.08. The van der Waals surface area contributed by atoms with Gasteiger partial charge in [0.1, 0.15) is 0 Å². The molecular weight excluding hydrogens is 300 g/mol. The molecular formula is C19H38N4O. The lowest BCUT2D eigenvalue weighted by Crippen LogP contribution is -2.57. The van der Waals surface area contributed by atoms with E-state index in [2.05, 4.69) is 34.6 Å². The summed E-state index contributed by atoms with van der Waals surface area (Å²) in [4.78, 5) is 6.74. The number of hydrogen-bond donors (Lipinski definition) is 2. The van der Waals surface area contributed by atoms with Gasteiger partial charge in [-0.25, -0.2) is 0 Å². The molecule has 2 aliphatic rings. The van der Waals surface area contributed by atoms with Gasteiger partial charge in [0.15, 0.2) is 5.96 Å². The predicted octanol–water partition coefficient (Wildman–Crippen LogP) is 2.62. The lowest BCUT2D eigenvalue weighted by atomic mass is 9.86.